The van der Waals surface area contributed by atoms with E-state index in [0.717, 1.165) is 11.3 Å². The van der Waals surface area contributed by atoms with Crippen molar-refractivity contribution in [1.82, 2.24) is 0 Å². The predicted molar refractivity (Wildman–Crippen MR) is 49.4 cm³/mol. The lowest BCUT2D eigenvalue weighted by Gasteiger charge is -1.95. The second kappa shape index (κ2) is 2.97. The van der Waals surface area contributed by atoms with Gasteiger partial charge in [0.2, 0.25) is 5.06 Å². The fourth-order valence-electron chi connectivity index (χ4n) is 1.26. The second-order valence-corrected chi connectivity index (χ2v) is 3.67. The standard InChI is InChI=1S/C9H7FO2S/c10-7-6-3-1-2-5(4-11)8(6)13-9(7)12/h1-3,11-12H,4H2. The molecule has 2 N–H and O–H groups in total. The van der Waals surface area contributed by atoms with Crippen LogP contribution in [-0.2, 0) is 6.61 Å². The first-order valence-electron chi connectivity index (χ1n) is 3.73. The number of hydrogen-bond donors (Lipinski definition) is 2. The van der Waals surface area contributed by atoms with E-state index in [0.29, 0.717) is 15.6 Å². The molecule has 0 fully saturated rings. The van der Waals surface area contributed by atoms with Gasteiger partial charge in [0.25, 0.3) is 0 Å². The summed E-state index contributed by atoms with van der Waals surface area (Å²) < 4.78 is 13.8. The first-order valence-corrected chi connectivity index (χ1v) is 4.55. The van der Waals surface area contributed by atoms with E-state index in [1.54, 1.807) is 18.2 Å². The number of thiophene rings is 1. The number of rotatable bonds is 1. The number of fused-ring (bicyclic) bond motifs is 1. The number of halogens is 1. The molecule has 0 saturated heterocycles. The van der Waals surface area contributed by atoms with Crippen molar-refractivity contribution in [2.75, 3.05) is 0 Å². The summed E-state index contributed by atoms with van der Waals surface area (Å²) in [7, 11) is 0. The third kappa shape index (κ3) is 1.18. The highest BCUT2D eigenvalue weighted by Gasteiger charge is 2.12. The van der Waals surface area contributed by atoms with Gasteiger partial charge in [0, 0.05) is 10.1 Å². The average molecular weight is 198 g/mol. The maximum atomic E-state index is 13.2. The maximum Gasteiger partial charge on any atom is 0.209 e. The van der Waals surface area contributed by atoms with Gasteiger partial charge < -0.3 is 10.2 Å². The summed E-state index contributed by atoms with van der Waals surface area (Å²) in [5.74, 6) is -0.602. The Morgan fingerprint density at radius 3 is 2.85 bits per heavy atom. The van der Waals surface area contributed by atoms with Crippen molar-refractivity contribution in [1.29, 1.82) is 0 Å². The van der Waals surface area contributed by atoms with Crippen LogP contribution in [0, 0.1) is 5.82 Å². The van der Waals surface area contributed by atoms with E-state index in [1.807, 2.05) is 0 Å². The molecule has 1 aromatic carbocycles. The predicted octanol–water partition coefficient (Wildman–Crippen LogP) is 2.24. The first kappa shape index (κ1) is 8.47. The molecule has 13 heavy (non-hydrogen) atoms. The third-order valence-electron chi connectivity index (χ3n) is 1.89. The highest BCUT2D eigenvalue weighted by Crippen LogP contribution is 2.36. The number of aliphatic hydroxyl groups is 1. The second-order valence-electron chi connectivity index (χ2n) is 2.67. The molecule has 0 aliphatic heterocycles. The van der Waals surface area contributed by atoms with Gasteiger partial charge in [-0.2, -0.15) is 0 Å². The van der Waals surface area contributed by atoms with Crippen molar-refractivity contribution in [2.24, 2.45) is 0 Å². The molecule has 2 nitrogen and oxygen atoms in total. The van der Waals surface area contributed by atoms with Gasteiger partial charge in [0.05, 0.1) is 6.61 Å². The summed E-state index contributed by atoms with van der Waals surface area (Å²) in [5, 5.41) is 18.1. The SMILES string of the molecule is OCc1cccc2c(F)c(O)sc12. The van der Waals surface area contributed by atoms with Crippen molar-refractivity contribution in [3.63, 3.8) is 0 Å². The summed E-state index contributed by atoms with van der Waals surface area (Å²) in [6, 6.07) is 4.95. The van der Waals surface area contributed by atoms with Crippen LogP contribution in [-0.4, -0.2) is 10.2 Å². The molecule has 0 saturated carbocycles. The summed E-state index contributed by atoms with van der Waals surface area (Å²) in [5.41, 5.74) is 0.640. The van der Waals surface area contributed by atoms with Crippen LogP contribution in [0.4, 0.5) is 4.39 Å². The molecule has 1 aromatic heterocycles. The lowest BCUT2D eigenvalue weighted by Crippen LogP contribution is -1.81. The number of benzene rings is 1. The van der Waals surface area contributed by atoms with Crippen LogP contribution in [0.1, 0.15) is 5.56 Å². The molecule has 0 unspecified atom stereocenters. The Morgan fingerprint density at radius 1 is 1.38 bits per heavy atom. The molecule has 2 aromatic rings. The maximum absolute atomic E-state index is 13.2. The average Bonchev–Trinajstić information content (AvgIpc) is 2.43. The zero-order valence-electron chi connectivity index (χ0n) is 6.62. The molecule has 68 valence electrons. The Kier molecular flexibility index (Phi) is 1.94. The molecule has 0 radical (unpaired) electrons. The first-order chi connectivity index (χ1) is 6.24. The van der Waals surface area contributed by atoms with Gasteiger partial charge in [0.1, 0.15) is 0 Å². The Hall–Kier alpha value is -1.13. The Bertz CT molecular complexity index is 450. The van der Waals surface area contributed by atoms with E-state index in [-0.39, 0.29) is 11.7 Å². The van der Waals surface area contributed by atoms with Crippen molar-refractivity contribution < 1.29 is 14.6 Å². The molecule has 0 atom stereocenters. The van der Waals surface area contributed by atoms with Crippen LogP contribution in [0.15, 0.2) is 18.2 Å². The number of aromatic hydroxyl groups is 1. The van der Waals surface area contributed by atoms with Crippen molar-refractivity contribution in [3.05, 3.63) is 29.6 Å². The molecule has 4 heteroatoms. The topological polar surface area (TPSA) is 40.5 Å². The van der Waals surface area contributed by atoms with E-state index in [4.69, 9.17) is 10.2 Å². The normalized spacial score (nSPS) is 10.9. The molecule has 0 spiro atoms. The van der Waals surface area contributed by atoms with Crippen molar-refractivity contribution >= 4 is 21.4 Å². The Morgan fingerprint density at radius 2 is 2.15 bits per heavy atom. The van der Waals surface area contributed by atoms with Gasteiger partial charge in [0.15, 0.2) is 5.82 Å². The van der Waals surface area contributed by atoms with Gasteiger partial charge in [-0.3, -0.25) is 0 Å². The quantitative estimate of drug-likeness (QED) is 0.737. The molecule has 0 bridgehead atoms. The molecule has 1 heterocycles. The zero-order valence-corrected chi connectivity index (χ0v) is 7.44. The molecule has 0 amide bonds. The van der Waals surface area contributed by atoms with Gasteiger partial charge in [-0.25, -0.2) is 4.39 Å². The Labute approximate surface area is 77.9 Å². The minimum absolute atomic E-state index is 0.142. The minimum atomic E-state index is -0.602. The largest absolute Gasteiger partial charge is 0.497 e. The van der Waals surface area contributed by atoms with Crippen LogP contribution in [0.3, 0.4) is 0 Å². The van der Waals surface area contributed by atoms with Gasteiger partial charge in [-0.15, -0.1) is 0 Å². The summed E-state index contributed by atoms with van der Waals surface area (Å²) >= 11 is 0.951. The fraction of sp³-hybridized carbons (Fsp3) is 0.111. The lowest BCUT2D eigenvalue weighted by atomic mass is 10.2. The van der Waals surface area contributed by atoms with E-state index in [9.17, 15) is 4.39 Å². The van der Waals surface area contributed by atoms with Gasteiger partial charge in [-0.1, -0.05) is 29.5 Å². The third-order valence-corrected chi connectivity index (χ3v) is 2.95. The Balaban J connectivity index is 2.84. The highest BCUT2D eigenvalue weighted by molar-refractivity contribution is 7.20. The van der Waals surface area contributed by atoms with Crippen LogP contribution in [0.5, 0.6) is 5.06 Å². The fourth-order valence-corrected chi connectivity index (χ4v) is 2.18. The van der Waals surface area contributed by atoms with E-state index in [2.05, 4.69) is 0 Å². The van der Waals surface area contributed by atoms with Gasteiger partial charge in [-0.05, 0) is 5.56 Å². The molecule has 0 aliphatic carbocycles. The van der Waals surface area contributed by atoms with Crippen LogP contribution in [0.25, 0.3) is 10.1 Å². The molecular formula is C9H7FO2S. The van der Waals surface area contributed by atoms with Crippen LogP contribution < -0.4 is 0 Å². The highest BCUT2D eigenvalue weighted by atomic mass is 32.1. The van der Waals surface area contributed by atoms with E-state index < -0.39 is 5.82 Å². The van der Waals surface area contributed by atoms with Crippen LogP contribution in [0.2, 0.25) is 0 Å². The van der Waals surface area contributed by atoms with Crippen LogP contribution >= 0.6 is 11.3 Å². The van der Waals surface area contributed by atoms with E-state index in [1.165, 1.54) is 0 Å². The minimum Gasteiger partial charge on any atom is -0.497 e. The lowest BCUT2D eigenvalue weighted by molar-refractivity contribution is 0.283. The smallest absolute Gasteiger partial charge is 0.209 e. The van der Waals surface area contributed by atoms with E-state index >= 15 is 0 Å². The molecular weight excluding hydrogens is 191 g/mol. The zero-order chi connectivity index (χ0) is 9.42. The van der Waals surface area contributed by atoms with Crippen molar-refractivity contribution in [3.8, 4) is 5.06 Å². The number of aliphatic hydroxyl groups excluding tert-OH is 1. The number of hydrogen-bond acceptors (Lipinski definition) is 3. The monoisotopic (exact) mass is 198 g/mol. The van der Waals surface area contributed by atoms with Gasteiger partial charge >= 0.3 is 0 Å². The summed E-state index contributed by atoms with van der Waals surface area (Å²) in [6.45, 7) is -0.142. The summed E-state index contributed by atoms with van der Waals surface area (Å²) in [4.78, 5) is 0. The molecule has 0 aliphatic rings. The molecule has 2 rings (SSSR count). The summed E-state index contributed by atoms with van der Waals surface area (Å²) in [6.07, 6.45) is 0. The van der Waals surface area contributed by atoms with Crippen molar-refractivity contribution in [2.45, 2.75) is 6.61 Å².